The zero-order chi connectivity index (χ0) is 18.5. The van der Waals surface area contributed by atoms with Gasteiger partial charge in [-0.15, -0.1) is 11.3 Å². The lowest BCUT2D eigenvalue weighted by molar-refractivity contribution is -0.305. The average Bonchev–Trinajstić information content (AvgIpc) is 3.30. The van der Waals surface area contributed by atoms with E-state index in [1.807, 2.05) is 41.8 Å². The lowest BCUT2D eigenvalue weighted by Crippen LogP contribution is -2.27. The second-order valence-electron chi connectivity index (χ2n) is 5.98. The van der Waals surface area contributed by atoms with Crippen LogP contribution in [0, 0.1) is 0 Å². The monoisotopic (exact) mass is 371 g/mol. The molecule has 1 amide bonds. The SMILES string of the molecule is COc1cccc(C2=NN(C(=O)CCCC(=O)[O-])[C@@H](c3cccs3)C2)c1. The fourth-order valence-electron chi connectivity index (χ4n) is 2.92. The van der Waals surface area contributed by atoms with E-state index in [9.17, 15) is 14.7 Å². The molecule has 1 aliphatic rings. The summed E-state index contributed by atoms with van der Waals surface area (Å²) < 4.78 is 5.27. The van der Waals surface area contributed by atoms with Crippen LogP contribution in [0.3, 0.4) is 0 Å². The van der Waals surface area contributed by atoms with Crippen molar-refractivity contribution >= 4 is 28.9 Å². The number of thiophene rings is 1. The molecule has 0 radical (unpaired) electrons. The van der Waals surface area contributed by atoms with Crippen molar-refractivity contribution in [2.75, 3.05) is 7.11 Å². The maximum absolute atomic E-state index is 12.6. The number of hydrazone groups is 1. The van der Waals surface area contributed by atoms with Gasteiger partial charge in [-0.1, -0.05) is 18.2 Å². The Morgan fingerprint density at radius 2 is 2.15 bits per heavy atom. The molecule has 0 saturated heterocycles. The Balaban J connectivity index is 1.83. The Labute approximate surface area is 155 Å². The zero-order valence-corrected chi connectivity index (χ0v) is 15.2. The van der Waals surface area contributed by atoms with Gasteiger partial charge in [0.1, 0.15) is 5.75 Å². The van der Waals surface area contributed by atoms with Crippen LogP contribution in [-0.4, -0.2) is 29.7 Å². The molecular formula is C19H19N2O4S-. The van der Waals surface area contributed by atoms with Gasteiger partial charge in [0.15, 0.2) is 0 Å². The highest BCUT2D eigenvalue weighted by molar-refractivity contribution is 7.10. The van der Waals surface area contributed by atoms with E-state index in [1.165, 1.54) is 5.01 Å². The third-order valence-electron chi connectivity index (χ3n) is 4.21. The lowest BCUT2D eigenvalue weighted by atomic mass is 10.0. The Bertz CT molecular complexity index is 817. The summed E-state index contributed by atoms with van der Waals surface area (Å²) in [5, 5.41) is 18.6. The minimum Gasteiger partial charge on any atom is -0.550 e. The topological polar surface area (TPSA) is 82.0 Å². The first-order chi connectivity index (χ1) is 12.6. The van der Waals surface area contributed by atoms with E-state index in [1.54, 1.807) is 18.4 Å². The Morgan fingerprint density at radius 3 is 2.85 bits per heavy atom. The van der Waals surface area contributed by atoms with E-state index in [4.69, 9.17) is 4.74 Å². The molecular weight excluding hydrogens is 352 g/mol. The van der Waals surface area contributed by atoms with Gasteiger partial charge in [-0.2, -0.15) is 5.10 Å². The minimum absolute atomic E-state index is 0.129. The van der Waals surface area contributed by atoms with Crippen molar-refractivity contribution in [3.05, 3.63) is 52.2 Å². The Hall–Kier alpha value is -2.67. The van der Waals surface area contributed by atoms with Crippen LogP contribution in [0.25, 0.3) is 0 Å². The molecule has 1 aromatic carbocycles. The molecule has 1 atom stereocenters. The first-order valence-electron chi connectivity index (χ1n) is 8.35. The fraction of sp³-hybridized carbons (Fsp3) is 0.316. The molecule has 136 valence electrons. The second-order valence-corrected chi connectivity index (χ2v) is 6.96. The van der Waals surface area contributed by atoms with Gasteiger partial charge in [0.2, 0.25) is 5.91 Å². The summed E-state index contributed by atoms with van der Waals surface area (Å²) in [4.78, 5) is 24.3. The summed E-state index contributed by atoms with van der Waals surface area (Å²) in [5.74, 6) is -0.589. The van der Waals surface area contributed by atoms with E-state index in [-0.39, 0.29) is 31.2 Å². The van der Waals surface area contributed by atoms with Crippen LogP contribution in [0.5, 0.6) is 5.75 Å². The summed E-state index contributed by atoms with van der Waals surface area (Å²) in [7, 11) is 1.61. The Morgan fingerprint density at radius 1 is 1.31 bits per heavy atom. The molecule has 0 saturated carbocycles. The number of aliphatic carboxylic acids is 1. The number of amides is 1. The van der Waals surface area contributed by atoms with Crippen molar-refractivity contribution in [3.8, 4) is 5.75 Å². The number of carbonyl (C=O) groups is 2. The Kier molecular flexibility index (Phi) is 5.68. The second kappa shape index (κ2) is 8.14. The number of methoxy groups -OCH3 is 1. The van der Waals surface area contributed by atoms with Gasteiger partial charge < -0.3 is 14.6 Å². The van der Waals surface area contributed by atoms with Crippen LogP contribution in [0.2, 0.25) is 0 Å². The summed E-state index contributed by atoms with van der Waals surface area (Å²) in [6.07, 6.45) is 0.860. The molecule has 0 fully saturated rings. The van der Waals surface area contributed by atoms with Gasteiger partial charge in [-0.3, -0.25) is 4.79 Å². The standard InChI is InChI=1S/C19H20N2O4S/c1-25-14-6-2-5-13(11-14)15-12-16(17-7-4-10-26-17)21(20-15)18(22)8-3-9-19(23)24/h2,4-7,10-11,16H,3,8-9,12H2,1H3,(H,23,24)/p-1/t16-/m1/s1. The average molecular weight is 371 g/mol. The molecule has 0 spiro atoms. The zero-order valence-electron chi connectivity index (χ0n) is 14.4. The van der Waals surface area contributed by atoms with Gasteiger partial charge in [0, 0.05) is 29.3 Å². The van der Waals surface area contributed by atoms with Crippen molar-refractivity contribution in [1.29, 1.82) is 0 Å². The van der Waals surface area contributed by atoms with Gasteiger partial charge in [-0.05, 0) is 36.4 Å². The van der Waals surface area contributed by atoms with Crippen LogP contribution in [-0.2, 0) is 9.59 Å². The number of ether oxygens (including phenoxy) is 1. The third kappa shape index (κ3) is 4.11. The molecule has 6 nitrogen and oxygen atoms in total. The number of carbonyl (C=O) groups excluding carboxylic acids is 2. The molecule has 3 rings (SSSR count). The number of carboxylic acid groups (broad SMARTS) is 1. The van der Waals surface area contributed by atoms with Gasteiger partial charge in [0.05, 0.1) is 18.9 Å². The summed E-state index contributed by atoms with van der Waals surface area (Å²) >= 11 is 1.58. The molecule has 0 unspecified atom stereocenters. The van der Waals surface area contributed by atoms with Crippen molar-refractivity contribution in [3.63, 3.8) is 0 Å². The number of nitrogens with zero attached hydrogens (tertiary/aromatic N) is 2. The van der Waals surface area contributed by atoms with E-state index in [0.29, 0.717) is 6.42 Å². The maximum Gasteiger partial charge on any atom is 0.243 e. The van der Waals surface area contributed by atoms with Crippen LogP contribution < -0.4 is 9.84 Å². The van der Waals surface area contributed by atoms with Crippen molar-refractivity contribution < 1.29 is 19.4 Å². The van der Waals surface area contributed by atoms with E-state index >= 15 is 0 Å². The van der Waals surface area contributed by atoms with Crippen molar-refractivity contribution in [1.82, 2.24) is 5.01 Å². The fourth-order valence-corrected chi connectivity index (χ4v) is 3.73. The molecule has 7 heteroatoms. The highest BCUT2D eigenvalue weighted by Crippen LogP contribution is 2.36. The number of hydrogen-bond donors (Lipinski definition) is 0. The van der Waals surface area contributed by atoms with Gasteiger partial charge >= 0.3 is 0 Å². The van der Waals surface area contributed by atoms with Crippen molar-refractivity contribution in [2.24, 2.45) is 5.10 Å². The number of hydrogen-bond acceptors (Lipinski definition) is 6. The molecule has 2 aromatic rings. The lowest BCUT2D eigenvalue weighted by Gasteiger charge is -2.20. The smallest absolute Gasteiger partial charge is 0.243 e. The van der Waals surface area contributed by atoms with E-state index < -0.39 is 5.97 Å². The molecule has 2 heterocycles. The van der Waals surface area contributed by atoms with Crippen LogP contribution in [0.1, 0.15) is 42.2 Å². The van der Waals surface area contributed by atoms with Gasteiger partial charge in [-0.25, -0.2) is 5.01 Å². The normalized spacial score (nSPS) is 16.4. The number of carboxylic acids is 1. The summed E-state index contributed by atoms with van der Waals surface area (Å²) in [6.45, 7) is 0. The quantitative estimate of drug-likeness (QED) is 0.748. The van der Waals surface area contributed by atoms with Crippen LogP contribution in [0.15, 0.2) is 46.9 Å². The summed E-state index contributed by atoms with van der Waals surface area (Å²) in [6, 6.07) is 11.4. The van der Waals surface area contributed by atoms with Crippen LogP contribution >= 0.6 is 11.3 Å². The molecule has 1 aliphatic heterocycles. The molecule has 26 heavy (non-hydrogen) atoms. The third-order valence-corrected chi connectivity index (χ3v) is 5.19. The molecule has 0 N–H and O–H groups in total. The predicted octanol–water partition coefficient (Wildman–Crippen LogP) is 2.35. The number of rotatable bonds is 7. The molecule has 0 aliphatic carbocycles. The molecule has 1 aromatic heterocycles. The van der Waals surface area contributed by atoms with E-state index in [2.05, 4.69) is 5.10 Å². The van der Waals surface area contributed by atoms with Crippen molar-refractivity contribution in [2.45, 2.75) is 31.7 Å². The highest BCUT2D eigenvalue weighted by atomic mass is 32.1. The van der Waals surface area contributed by atoms with Gasteiger partial charge in [0.25, 0.3) is 0 Å². The minimum atomic E-state index is -1.14. The maximum atomic E-state index is 12.6. The van der Waals surface area contributed by atoms with E-state index in [0.717, 1.165) is 21.9 Å². The molecule has 0 bridgehead atoms. The highest BCUT2D eigenvalue weighted by Gasteiger charge is 2.33. The van der Waals surface area contributed by atoms with Crippen LogP contribution in [0.4, 0.5) is 0 Å². The first-order valence-corrected chi connectivity index (χ1v) is 9.23. The first kappa shape index (κ1) is 18.1. The number of benzene rings is 1. The summed E-state index contributed by atoms with van der Waals surface area (Å²) in [5.41, 5.74) is 1.73. The predicted molar refractivity (Wildman–Crippen MR) is 96.9 cm³/mol. The largest absolute Gasteiger partial charge is 0.550 e.